The fourth-order valence-electron chi connectivity index (χ4n) is 7.25. The predicted octanol–water partition coefficient (Wildman–Crippen LogP) is 3.81. The van der Waals surface area contributed by atoms with Gasteiger partial charge in [-0.1, -0.05) is 32.4 Å². The first-order valence-corrected chi connectivity index (χ1v) is 9.90. The molecule has 0 aromatic heterocycles. The number of allylic oxidation sites excluding steroid dienone is 4. The van der Waals surface area contributed by atoms with Crippen LogP contribution in [0.2, 0.25) is 0 Å². The molecule has 0 aromatic carbocycles. The zero-order valence-corrected chi connectivity index (χ0v) is 15.8. The summed E-state index contributed by atoms with van der Waals surface area (Å²) in [6.07, 6.45) is 10.5. The molecule has 4 aliphatic carbocycles. The molecule has 4 rings (SSSR count). The van der Waals surface area contributed by atoms with Crippen molar-refractivity contribution in [1.29, 1.82) is 0 Å². The number of hydrogen-bond donors (Lipinski definition) is 1. The Hall–Kier alpha value is -1.71. The number of Topliss-reactive ketones (excluding diaryl/α,β-unsaturated/α-hetero) is 1. The predicted molar refractivity (Wildman–Crippen MR) is 97.3 cm³/mol. The first-order chi connectivity index (χ1) is 12.2. The van der Waals surface area contributed by atoms with E-state index < -0.39 is 11.8 Å². The third kappa shape index (κ3) is 2.23. The number of hydrogen-bond acceptors (Lipinski definition) is 3. The Bertz CT molecular complexity index is 747. The lowest BCUT2D eigenvalue weighted by Gasteiger charge is -2.56. The van der Waals surface area contributed by atoms with E-state index in [1.165, 1.54) is 5.57 Å². The zero-order valence-electron chi connectivity index (χ0n) is 15.8. The third-order valence-electron chi connectivity index (χ3n) is 8.39. The van der Waals surface area contributed by atoms with Gasteiger partial charge in [0.2, 0.25) is 5.78 Å². The molecule has 0 amide bonds. The van der Waals surface area contributed by atoms with Crippen LogP contribution in [0.15, 0.2) is 23.8 Å². The van der Waals surface area contributed by atoms with Gasteiger partial charge >= 0.3 is 5.97 Å². The normalized spacial score (nSPS) is 46.8. The summed E-state index contributed by atoms with van der Waals surface area (Å²) in [5.41, 5.74) is 0.997. The fraction of sp³-hybridized carbons (Fsp3) is 0.682. The Morgan fingerprint density at radius 3 is 2.62 bits per heavy atom. The molecule has 0 radical (unpaired) electrons. The second kappa shape index (κ2) is 5.64. The number of carboxylic acids is 1. The molecule has 4 nitrogen and oxygen atoms in total. The van der Waals surface area contributed by atoms with Crippen LogP contribution in [0, 0.1) is 40.4 Å². The maximum atomic E-state index is 12.4. The summed E-state index contributed by atoms with van der Waals surface area (Å²) in [5.74, 6) is -0.627. The molecule has 0 aliphatic heterocycles. The molecule has 0 unspecified atom stereocenters. The van der Waals surface area contributed by atoms with Gasteiger partial charge in [0, 0.05) is 11.3 Å². The summed E-state index contributed by atoms with van der Waals surface area (Å²) in [6.45, 7) is 6.48. The lowest BCUT2D eigenvalue weighted by molar-refractivity contribution is -0.155. The average Bonchev–Trinajstić information content (AvgIpc) is 2.85. The number of carbonyl (C=O) groups is 3. The molecule has 3 fully saturated rings. The molecule has 26 heavy (non-hydrogen) atoms. The van der Waals surface area contributed by atoms with Gasteiger partial charge in [0.05, 0.1) is 0 Å². The molecule has 140 valence electrons. The van der Waals surface area contributed by atoms with Crippen LogP contribution < -0.4 is 0 Å². The Morgan fingerprint density at radius 1 is 1.19 bits per heavy atom. The molecular formula is C22H28O4. The Kier molecular flexibility index (Phi) is 3.84. The molecule has 0 aromatic rings. The topological polar surface area (TPSA) is 71.4 Å². The summed E-state index contributed by atoms with van der Waals surface area (Å²) in [4.78, 5) is 35.7. The highest BCUT2D eigenvalue weighted by atomic mass is 16.4. The minimum atomic E-state index is -1.28. The minimum absolute atomic E-state index is 0.0592. The van der Waals surface area contributed by atoms with E-state index in [0.717, 1.165) is 32.1 Å². The Morgan fingerprint density at radius 2 is 1.92 bits per heavy atom. The first-order valence-electron chi connectivity index (χ1n) is 9.90. The monoisotopic (exact) mass is 356 g/mol. The third-order valence-corrected chi connectivity index (χ3v) is 8.39. The van der Waals surface area contributed by atoms with E-state index in [4.69, 9.17) is 0 Å². The van der Waals surface area contributed by atoms with Gasteiger partial charge in [0.15, 0.2) is 5.78 Å². The lowest BCUT2D eigenvalue weighted by atomic mass is 9.47. The van der Waals surface area contributed by atoms with Crippen molar-refractivity contribution in [2.75, 3.05) is 0 Å². The average molecular weight is 356 g/mol. The van der Waals surface area contributed by atoms with Gasteiger partial charge in [0.1, 0.15) is 0 Å². The number of aliphatic carboxylic acids is 1. The molecule has 4 heteroatoms. The Labute approximate surface area is 154 Å². The van der Waals surface area contributed by atoms with Gasteiger partial charge in [-0.2, -0.15) is 0 Å². The molecule has 0 saturated heterocycles. The summed E-state index contributed by atoms with van der Waals surface area (Å²) >= 11 is 0. The molecule has 7 atom stereocenters. The van der Waals surface area contributed by atoms with Crippen molar-refractivity contribution in [2.24, 2.45) is 40.4 Å². The smallest absolute Gasteiger partial charge is 0.372 e. The molecular weight excluding hydrogens is 328 g/mol. The Balaban J connectivity index is 1.69. The maximum absolute atomic E-state index is 12.4. The van der Waals surface area contributed by atoms with Crippen LogP contribution in [-0.4, -0.2) is 22.6 Å². The summed E-state index contributed by atoms with van der Waals surface area (Å²) in [6, 6.07) is 0. The van der Waals surface area contributed by atoms with Crippen molar-refractivity contribution in [3.8, 4) is 0 Å². The van der Waals surface area contributed by atoms with E-state index >= 15 is 0 Å². The largest absolute Gasteiger partial charge is 0.475 e. The molecule has 3 saturated carbocycles. The van der Waals surface area contributed by atoms with Crippen LogP contribution in [0.4, 0.5) is 0 Å². The highest BCUT2D eigenvalue weighted by Gasteiger charge is 2.62. The molecule has 4 aliphatic rings. The highest BCUT2D eigenvalue weighted by molar-refractivity contribution is 6.33. The van der Waals surface area contributed by atoms with Crippen LogP contribution in [0.25, 0.3) is 0 Å². The van der Waals surface area contributed by atoms with Crippen molar-refractivity contribution >= 4 is 17.5 Å². The lowest BCUT2D eigenvalue weighted by Crippen LogP contribution is -2.51. The van der Waals surface area contributed by atoms with E-state index in [0.29, 0.717) is 17.8 Å². The second-order valence-electron chi connectivity index (χ2n) is 9.51. The van der Waals surface area contributed by atoms with Crippen LogP contribution in [0.5, 0.6) is 0 Å². The number of fused-ring (bicyclic) bond motifs is 5. The van der Waals surface area contributed by atoms with Crippen molar-refractivity contribution in [3.05, 3.63) is 23.8 Å². The number of ketones is 2. The van der Waals surface area contributed by atoms with Gasteiger partial charge < -0.3 is 5.11 Å². The number of rotatable bonds is 2. The van der Waals surface area contributed by atoms with Crippen LogP contribution in [0.3, 0.4) is 0 Å². The summed E-state index contributed by atoms with van der Waals surface area (Å²) < 4.78 is 0. The summed E-state index contributed by atoms with van der Waals surface area (Å²) in [5, 5.41) is 9.32. The highest BCUT2D eigenvalue weighted by Crippen LogP contribution is 2.67. The fourth-order valence-corrected chi connectivity index (χ4v) is 7.25. The van der Waals surface area contributed by atoms with E-state index in [2.05, 4.69) is 26.8 Å². The minimum Gasteiger partial charge on any atom is -0.475 e. The van der Waals surface area contributed by atoms with E-state index in [1.54, 1.807) is 6.08 Å². The van der Waals surface area contributed by atoms with Crippen molar-refractivity contribution in [3.63, 3.8) is 0 Å². The molecule has 0 spiro atoms. The second-order valence-corrected chi connectivity index (χ2v) is 9.51. The van der Waals surface area contributed by atoms with E-state index in [1.807, 2.05) is 6.08 Å². The van der Waals surface area contributed by atoms with Crippen LogP contribution in [0.1, 0.15) is 52.9 Å². The molecule has 0 bridgehead atoms. The van der Waals surface area contributed by atoms with Crippen molar-refractivity contribution in [1.82, 2.24) is 0 Å². The first kappa shape index (κ1) is 17.7. The van der Waals surface area contributed by atoms with Crippen molar-refractivity contribution < 1.29 is 19.5 Å². The van der Waals surface area contributed by atoms with Gasteiger partial charge in [0.25, 0.3) is 0 Å². The van der Waals surface area contributed by atoms with E-state index in [9.17, 15) is 19.5 Å². The molecule has 0 heterocycles. The quantitative estimate of drug-likeness (QED) is 0.764. The number of carboxylic acid groups (broad SMARTS) is 1. The van der Waals surface area contributed by atoms with E-state index in [-0.39, 0.29) is 28.4 Å². The van der Waals surface area contributed by atoms with Gasteiger partial charge in [-0.15, -0.1) is 0 Å². The van der Waals surface area contributed by atoms with Crippen LogP contribution in [-0.2, 0) is 14.4 Å². The maximum Gasteiger partial charge on any atom is 0.372 e. The standard InChI is InChI=1S/C22H28O4/c1-12-10-17-15-5-4-13-11-14(23)6-8-21(13,2)16(15)7-9-22(17,3)18(12)19(24)20(25)26/h6,8,11-12,15-18H,4-5,7,9-10H2,1-3H3,(H,25,26)/t12-,15-,16+,17+,18-,21+,22+/m1/s1. The summed E-state index contributed by atoms with van der Waals surface area (Å²) in [7, 11) is 0. The van der Waals surface area contributed by atoms with Crippen LogP contribution >= 0.6 is 0 Å². The van der Waals surface area contributed by atoms with Crippen molar-refractivity contribution in [2.45, 2.75) is 52.9 Å². The molecule has 1 N–H and O–H groups in total. The van der Waals surface area contributed by atoms with Gasteiger partial charge in [-0.25, -0.2) is 4.79 Å². The van der Waals surface area contributed by atoms with Gasteiger partial charge in [-0.05, 0) is 73.3 Å². The zero-order chi connectivity index (χ0) is 18.9. The SMILES string of the molecule is C[C@@H]1C[C@H]2[C@@H]3CCC4=CC(=O)C=C[C@]4(C)[C@H]3CC[C@]2(C)[C@H]1C(=O)C(=O)O. The van der Waals surface area contributed by atoms with Gasteiger partial charge in [-0.3, -0.25) is 9.59 Å². The number of carbonyl (C=O) groups excluding carboxylic acids is 2.